The summed E-state index contributed by atoms with van der Waals surface area (Å²) in [6.07, 6.45) is 2.41. The molecule has 10 heteroatoms. The first-order valence-corrected chi connectivity index (χ1v) is 10.6. The topological polar surface area (TPSA) is 102 Å². The Bertz CT molecular complexity index is 796. The van der Waals surface area contributed by atoms with E-state index in [2.05, 4.69) is 0 Å². The molecule has 2 atom stereocenters. The molecule has 1 saturated carbocycles. The molecule has 0 spiro atoms. The first-order valence-electron chi connectivity index (χ1n) is 9.13. The molecule has 1 aromatic rings. The van der Waals surface area contributed by atoms with Crippen molar-refractivity contribution in [1.82, 2.24) is 9.21 Å². The molecule has 2 unspecified atom stereocenters. The van der Waals surface area contributed by atoms with Crippen molar-refractivity contribution >= 4 is 28.3 Å². The standard InChI is InChI=1S/C18H27N3O5S.ClH/c1-25-15-5-6-16(26-2)17(12-15)27(23,24)21-9-7-20(8-10-21)18(22)13-3-4-14(19)11-13;/h5-6,12-14H,3-4,7-11,19H2,1-2H3;1H. The van der Waals surface area contributed by atoms with E-state index in [0.29, 0.717) is 18.8 Å². The average molecular weight is 434 g/mol. The summed E-state index contributed by atoms with van der Waals surface area (Å²) < 4.78 is 37.9. The Morgan fingerprint density at radius 1 is 1.11 bits per heavy atom. The summed E-state index contributed by atoms with van der Waals surface area (Å²) in [6.45, 7) is 1.28. The maximum absolute atomic E-state index is 13.1. The van der Waals surface area contributed by atoms with Gasteiger partial charge in [-0.15, -0.1) is 12.4 Å². The number of carbonyl (C=O) groups excluding carboxylic acids is 1. The molecular weight excluding hydrogens is 406 g/mol. The van der Waals surface area contributed by atoms with E-state index in [9.17, 15) is 13.2 Å². The first-order chi connectivity index (χ1) is 12.9. The predicted molar refractivity (Wildman–Crippen MR) is 107 cm³/mol. The van der Waals surface area contributed by atoms with Gasteiger partial charge in [-0.3, -0.25) is 4.79 Å². The monoisotopic (exact) mass is 433 g/mol. The van der Waals surface area contributed by atoms with E-state index < -0.39 is 10.0 Å². The van der Waals surface area contributed by atoms with Gasteiger partial charge in [0.2, 0.25) is 15.9 Å². The number of hydrogen-bond donors (Lipinski definition) is 1. The SMILES string of the molecule is COc1ccc(OC)c(S(=O)(=O)N2CCN(C(=O)C3CCC(N)C3)CC2)c1.Cl. The summed E-state index contributed by atoms with van der Waals surface area (Å²) in [5.41, 5.74) is 5.91. The molecule has 3 rings (SSSR count). The number of nitrogens with zero attached hydrogens (tertiary/aromatic N) is 2. The summed E-state index contributed by atoms with van der Waals surface area (Å²) in [5, 5.41) is 0. The first kappa shape index (κ1) is 22.7. The molecule has 2 fully saturated rings. The van der Waals surface area contributed by atoms with Crippen LogP contribution in [-0.2, 0) is 14.8 Å². The number of ether oxygens (including phenoxy) is 2. The van der Waals surface area contributed by atoms with Gasteiger partial charge >= 0.3 is 0 Å². The molecule has 28 heavy (non-hydrogen) atoms. The van der Waals surface area contributed by atoms with Gasteiger partial charge in [0, 0.05) is 44.2 Å². The largest absolute Gasteiger partial charge is 0.497 e. The molecule has 8 nitrogen and oxygen atoms in total. The van der Waals surface area contributed by atoms with Crippen LogP contribution in [0.4, 0.5) is 0 Å². The fraction of sp³-hybridized carbons (Fsp3) is 0.611. The molecular formula is C18H28ClN3O5S. The fourth-order valence-electron chi connectivity index (χ4n) is 3.77. The van der Waals surface area contributed by atoms with E-state index in [1.165, 1.54) is 24.6 Å². The smallest absolute Gasteiger partial charge is 0.247 e. The van der Waals surface area contributed by atoms with Gasteiger partial charge in [-0.25, -0.2) is 8.42 Å². The van der Waals surface area contributed by atoms with Gasteiger partial charge < -0.3 is 20.1 Å². The molecule has 1 amide bonds. The number of carbonyl (C=O) groups is 1. The van der Waals surface area contributed by atoms with Crippen molar-refractivity contribution in [2.24, 2.45) is 11.7 Å². The lowest BCUT2D eigenvalue weighted by Crippen LogP contribution is -2.51. The zero-order valence-corrected chi connectivity index (χ0v) is 17.8. The highest BCUT2D eigenvalue weighted by atomic mass is 35.5. The number of nitrogens with two attached hydrogens (primary N) is 1. The zero-order valence-electron chi connectivity index (χ0n) is 16.2. The normalized spacial score (nSPS) is 23.2. The van der Waals surface area contributed by atoms with Crippen molar-refractivity contribution in [3.63, 3.8) is 0 Å². The van der Waals surface area contributed by atoms with Crippen LogP contribution in [0.1, 0.15) is 19.3 Å². The number of halogens is 1. The van der Waals surface area contributed by atoms with Crippen LogP contribution in [0.2, 0.25) is 0 Å². The molecule has 1 saturated heterocycles. The Balaban J connectivity index is 0.00000280. The number of benzene rings is 1. The lowest BCUT2D eigenvalue weighted by Gasteiger charge is -2.35. The second-order valence-corrected chi connectivity index (χ2v) is 8.92. The van der Waals surface area contributed by atoms with Crippen molar-refractivity contribution in [2.75, 3.05) is 40.4 Å². The molecule has 0 aromatic heterocycles. The van der Waals surface area contributed by atoms with E-state index in [1.54, 1.807) is 17.0 Å². The predicted octanol–water partition coefficient (Wildman–Crippen LogP) is 1.09. The Labute approximate surface area is 172 Å². The van der Waals surface area contributed by atoms with Crippen molar-refractivity contribution in [3.8, 4) is 11.5 Å². The summed E-state index contributed by atoms with van der Waals surface area (Å²) in [7, 11) is -0.826. The lowest BCUT2D eigenvalue weighted by molar-refractivity contribution is -0.136. The Morgan fingerprint density at radius 2 is 1.79 bits per heavy atom. The minimum absolute atomic E-state index is 0. The molecule has 2 N–H and O–H groups in total. The van der Waals surface area contributed by atoms with Gasteiger partial charge in [-0.05, 0) is 31.4 Å². The molecule has 158 valence electrons. The van der Waals surface area contributed by atoms with E-state index in [1.807, 2.05) is 0 Å². The van der Waals surface area contributed by atoms with E-state index in [4.69, 9.17) is 15.2 Å². The van der Waals surface area contributed by atoms with Crippen LogP contribution < -0.4 is 15.2 Å². The summed E-state index contributed by atoms with van der Waals surface area (Å²) in [4.78, 5) is 14.5. The number of amides is 1. The summed E-state index contributed by atoms with van der Waals surface area (Å²) in [6, 6.07) is 4.79. The Kier molecular flexibility index (Phi) is 7.55. The Hall–Kier alpha value is -1.55. The van der Waals surface area contributed by atoms with Crippen molar-refractivity contribution in [2.45, 2.75) is 30.2 Å². The minimum Gasteiger partial charge on any atom is -0.497 e. The van der Waals surface area contributed by atoms with Crippen LogP contribution in [0.15, 0.2) is 23.1 Å². The van der Waals surface area contributed by atoms with Gasteiger partial charge in [0.25, 0.3) is 0 Å². The van der Waals surface area contributed by atoms with Gasteiger partial charge in [0.1, 0.15) is 16.4 Å². The van der Waals surface area contributed by atoms with Crippen LogP contribution in [0.25, 0.3) is 0 Å². The summed E-state index contributed by atoms with van der Waals surface area (Å²) >= 11 is 0. The maximum atomic E-state index is 13.1. The third kappa shape index (κ3) is 4.53. The highest BCUT2D eigenvalue weighted by molar-refractivity contribution is 7.89. The van der Waals surface area contributed by atoms with Crippen LogP contribution in [0.3, 0.4) is 0 Å². The second-order valence-electron chi connectivity index (χ2n) is 7.02. The molecule has 0 bridgehead atoms. The summed E-state index contributed by atoms with van der Waals surface area (Å²) in [5.74, 6) is 0.788. The number of piperazine rings is 1. The van der Waals surface area contributed by atoms with Crippen molar-refractivity contribution in [3.05, 3.63) is 18.2 Å². The zero-order chi connectivity index (χ0) is 19.6. The van der Waals surface area contributed by atoms with Gasteiger partial charge in [-0.2, -0.15) is 4.31 Å². The second kappa shape index (κ2) is 9.30. The molecule has 0 radical (unpaired) electrons. The van der Waals surface area contributed by atoms with E-state index in [0.717, 1.165) is 19.3 Å². The van der Waals surface area contributed by atoms with Crippen LogP contribution >= 0.6 is 12.4 Å². The highest BCUT2D eigenvalue weighted by Crippen LogP contribution is 2.31. The quantitative estimate of drug-likeness (QED) is 0.745. The van der Waals surface area contributed by atoms with Crippen LogP contribution in [-0.4, -0.2) is 70.0 Å². The van der Waals surface area contributed by atoms with Crippen molar-refractivity contribution < 1.29 is 22.7 Å². The fourth-order valence-corrected chi connectivity index (χ4v) is 5.37. The van der Waals surface area contributed by atoms with Crippen molar-refractivity contribution in [1.29, 1.82) is 0 Å². The number of sulfonamides is 1. The molecule has 1 aliphatic heterocycles. The van der Waals surface area contributed by atoms with Gasteiger partial charge in [0.05, 0.1) is 14.2 Å². The highest BCUT2D eigenvalue weighted by Gasteiger charge is 2.36. The number of hydrogen-bond acceptors (Lipinski definition) is 6. The van der Waals surface area contributed by atoms with Gasteiger partial charge in [-0.1, -0.05) is 0 Å². The Morgan fingerprint density at radius 3 is 2.32 bits per heavy atom. The number of rotatable bonds is 5. The van der Waals surface area contributed by atoms with Gasteiger partial charge in [0.15, 0.2) is 0 Å². The van der Waals surface area contributed by atoms with E-state index in [-0.39, 0.29) is 54.0 Å². The minimum atomic E-state index is -3.74. The van der Waals surface area contributed by atoms with Crippen LogP contribution in [0.5, 0.6) is 11.5 Å². The molecule has 2 aliphatic rings. The molecule has 1 heterocycles. The maximum Gasteiger partial charge on any atom is 0.247 e. The van der Waals surface area contributed by atoms with E-state index >= 15 is 0 Å². The third-order valence-corrected chi connectivity index (χ3v) is 7.28. The molecule has 1 aliphatic carbocycles. The number of methoxy groups -OCH3 is 2. The third-order valence-electron chi connectivity index (χ3n) is 5.36. The van der Waals surface area contributed by atoms with Crippen LogP contribution in [0, 0.1) is 5.92 Å². The average Bonchev–Trinajstić information content (AvgIpc) is 3.13. The molecule has 1 aromatic carbocycles. The lowest BCUT2D eigenvalue weighted by atomic mass is 10.1.